The predicted octanol–water partition coefficient (Wildman–Crippen LogP) is 6.59. The molecule has 3 aliphatic heterocycles. The molecule has 6 rings (SSSR count). The van der Waals surface area contributed by atoms with Crippen LogP contribution in [0.1, 0.15) is 77.5 Å². The van der Waals surface area contributed by atoms with E-state index in [1.54, 1.807) is 11.1 Å². The van der Waals surface area contributed by atoms with Gasteiger partial charge in [0.05, 0.1) is 11.7 Å². The Bertz CT molecular complexity index is 1520. The second-order valence-corrected chi connectivity index (χ2v) is 11.4. The van der Waals surface area contributed by atoms with Crippen LogP contribution >= 0.6 is 0 Å². The monoisotopic (exact) mass is 643 g/mol. The highest BCUT2D eigenvalue weighted by Gasteiger charge is 2.34. The summed E-state index contributed by atoms with van der Waals surface area (Å²) in [5.74, 6) is -0.189. The number of rotatable bonds is 4. The van der Waals surface area contributed by atoms with Crippen LogP contribution in [0, 0.1) is 6.92 Å². The van der Waals surface area contributed by atoms with Crippen LogP contribution in [0.25, 0.3) is 10.9 Å². The SMILES string of the molecule is CC.CC.CC/C=C\C1=C(C)NC(=O)N(C2CCN(C(=O)N[C@@H]3Cc4ccc5[nH]ncc5c4CNC3=O)CC2)C1.Cc1ccccc1. The molecule has 1 fully saturated rings. The molecule has 0 saturated carbocycles. The summed E-state index contributed by atoms with van der Waals surface area (Å²) in [7, 11) is 0. The maximum Gasteiger partial charge on any atom is 0.322 e. The quantitative estimate of drug-likeness (QED) is 0.256. The van der Waals surface area contributed by atoms with E-state index in [0.29, 0.717) is 45.4 Å². The molecule has 0 bridgehead atoms. The first-order valence-electron chi connectivity index (χ1n) is 17.1. The van der Waals surface area contributed by atoms with Gasteiger partial charge in [-0.05, 0) is 55.9 Å². The number of H-pyrrole nitrogens is 1. The number of likely N-dealkylation sites (tertiary alicyclic amines) is 1. The summed E-state index contributed by atoms with van der Waals surface area (Å²) in [6, 6.07) is 13.3. The van der Waals surface area contributed by atoms with Crippen molar-refractivity contribution in [2.75, 3.05) is 19.6 Å². The van der Waals surface area contributed by atoms with Gasteiger partial charge in [-0.1, -0.05) is 88.7 Å². The standard InChI is InChI=1S/C26H33N7O3.C7H8.2C2H6/c1-3-4-5-18-15-33(26(36)29-16(18)2)19-8-10-32(11-9-19)25(35)30-23-12-17-6-7-22-21(14-28-31-22)20(17)13-27-24(23)34;1-7-5-3-2-4-6-7;2*1-2/h4-7,14,19,23H,3,8-13,15H2,1-2H3,(H,27,34)(H,28,31)(H,29,36)(H,30,35);2-6H,1H3;2*1-2H3/b5-4-;;;/t23-;;;/m1.../s1. The molecular formula is C37H53N7O3. The molecular weight excluding hydrogens is 590 g/mol. The number of carbonyl (C=O) groups excluding carboxylic acids is 3. The Kier molecular flexibility index (Phi) is 14.5. The van der Waals surface area contributed by atoms with Gasteiger partial charge in [-0.25, -0.2) is 9.59 Å². The van der Waals surface area contributed by atoms with Gasteiger partial charge < -0.3 is 25.8 Å². The molecule has 10 heteroatoms. The summed E-state index contributed by atoms with van der Waals surface area (Å²) in [5.41, 5.74) is 6.32. The van der Waals surface area contributed by atoms with Gasteiger partial charge in [-0.2, -0.15) is 5.10 Å². The zero-order valence-electron chi connectivity index (χ0n) is 29.2. The molecule has 47 heavy (non-hydrogen) atoms. The number of nitrogens with one attached hydrogen (secondary N) is 4. The maximum absolute atomic E-state index is 13.1. The number of aromatic nitrogens is 2. The number of hydrogen-bond donors (Lipinski definition) is 4. The Labute approximate surface area is 280 Å². The summed E-state index contributed by atoms with van der Waals surface area (Å²) < 4.78 is 0. The summed E-state index contributed by atoms with van der Waals surface area (Å²) in [6.45, 7) is 16.1. The lowest BCUT2D eigenvalue weighted by molar-refractivity contribution is -0.122. The molecule has 3 aromatic rings. The van der Waals surface area contributed by atoms with E-state index in [1.807, 2.05) is 69.9 Å². The Balaban J connectivity index is 0.000000472. The van der Waals surface area contributed by atoms with Crippen molar-refractivity contribution < 1.29 is 14.4 Å². The van der Waals surface area contributed by atoms with E-state index < -0.39 is 6.04 Å². The van der Waals surface area contributed by atoms with E-state index in [2.05, 4.69) is 64.3 Å². The molecule has 0 spiro atoms. The zero-order chi connectivity index (χ0) is 34.3. The summed E-state index contributed by atoms with van der Waals surface area (Å²) in [5, 5.41) is 16.9. The molecule has 4 N–H and O–H groups in total. The molecule has 0 radical (unpaired) electrons. The second-order valence-electron chi connectivity index (χ2n) is 11.4. The van der Waals surface area contributed by atoms with E-state index in [4.69, 9.17) is 0 Å². The Morgan fingerprint density at radius 1 is 1.02 bits per heavy atom. The topological polar surface area (TPSA) is 122 Å². The number of benzene rings is 2. The first-order valence-corrected chi connectivity index (χ1v) is 17.1. The van der Waals surface area contributed by atoms with Crippen LogP contribution in [-0.2, 0) is 17.8 Å². The molecule has 1 saturated heterocycles. The number of urea groups is 2. The Morgan fingerprint density at radius 3 is 2.36 bits per heavy atom. The smallest absolute Gasteiger partial charge is 0.322 e. The molecule has 1 aromatic heterocycles. The summed E-state index contributed by atoms with van der Waals surface area (Å²) in [6.07, 6.45) is 8.71. The lowest BCUT2D eigenvalue weighted by Gasteiger charge is -2.40. The third-order valence-corrected chi connectivity index (χ3v) is 8.38. The van der Waals surface area contributed by atoms with Crippen molar-refractivity contribution in [1.29, 1.82) is 0 Å². The average Bonchev–Trinajstić information content (AvgIpc) is 3.52. The number of carbonyl (C=O) groups is 3. The number of fused-ring (bicyclic) bond motifs is 3. The maximum atomic E-state index is 13.1. The van der Waals surface area contributed by atoms with Crippen molar-refractivity contribution >= 4 is 28.9 Å². The lowest BCUT2D eigenvalue weighted by Crippen LogP contribution is -2.56. The van der Waals surface area contributed by atoms with Gasteiger partial charge in [0.2, 0.25) is 5.91 Å². The van der Waals surface area contributed by atoms with Gasteiger partial charge >= 0.3 is 12.1 Å². The Morgan fingerprint density at radius 2 is 1.72 bits per heavy atom. The van der Waals surface area contributed by atoms with Crippen LogP contribution in [0.15, 0.2) is 72.1 Å². The summed E-state index contributed by atoms with van der Waals surface area (Å²) in [4.78, 5) is 42.1. The van der Waals surface area contributed by atoms with Crippen molar-refractivity contribution in [1.82, 2.24) is 35.9 Å². The molecule has 254 valence electrons. The molecule has 2 aromatic carbocycles. The van der Waals surface area contributed by atoms with Crippen LogP contribution < -0.4 is 16.0 Å². The number of piperidine rings is 1. The van der Waals surface area contributed by atoms with Gasteiger partial charge in [-0.3, -0.25) is 9.89 Å². The van der Waals surface area contributed by atoms with Crippen LogP contribution in [0.2, 0.25) is 0 Å². The van der Waals surface area contributed by atoms with E-state index in [0.717, 1.165) is 39.7 Å². The van der Waals surface area contributed by atoms with Crippen molar-refractivity contribution in [3.8, 4) is 0 Å². The van der Waals surface area contributed by atoms with Gasteiger partial charge in [-0.15, -0.1) is 0 Å². The van der Waals surface area contributed by atoms with E-state index in [-0.39, 0.29) is 24.0 Å². The van der Waals surface area contributed by atoms with E-state index in [9.17, 15) is 14.4 Å². The second kappa shape index (κ2) is 18.5. The van der Waals surface area contributed by atoms with E-state index >= 15 is 0 Å². The molecule has 0 aliphatic carbocycles. The lowest BCUT2D eigenvalue weighted by atomic mass is 9.98. The van der Waals surface area contributed by atoms with Crippen LogP contribution in [0.4, 0.5) is 9.59 Å². The first kappa shape index (κ1) is 36.9. The number of aromatic amines is 1. The normalized spacial score (nSPS) is 18.0. The third kappa shape index (κ3) is 9.70. The van der Waals surface area contributed by atoms with Gasteiger partial charge in [0.15, 0.2) is 0 Å². The first-order chi connectivity index (χ1) is 22.8. The van der Waals surface area contributed by atoms with Crippen LogP contribution in [0.3, 0.4) is 0 Å². The Hall–Kier alpha value is -4.60. The fourth-order valence-electron chi connectivity index (χ4n) is 5.82. The molecule has 3 aliphatic rings. The highest BCUT2D eigenvalue weighted by Crippen LogP contribution is 2.25. The number of allylic oxidation sites excluding steroid dienone is 2. The largest absolute Gasteiger partial charge is 0.350 e. The fraction of sp³-hybridized carbons (Fsp3) is 0.459. The fourth-order valence-corrected chi connectivity index (χ4v) is 5.82. The number of amides is 5. The minimum Gasteiger partial charge on any atom is -0.350 e. The zero-order valence-corrected chi connectivity index (χ0v) is 29.2. The van der Waals surface area contributed by atoms with Crippen molar-refractivity contribution in [2.45, 2.75) is 92.8 Å². The van der Waals surface area contributed by atoms with Crippen molar-refractivity contribution in [2.24, 2.45) is 0 Å². The van der Waals surface area contributed by atoms with Crippen LogP contribution in [0.5, 0.6) is 0 Å². The molecule has 1 atom stereocenters. The number of nitrogens with zero attached hydrogens (tertiary/aromatic N) is 3. The molecule has 10 nitrogen and oxygen atoms in total. The van der Waals surface area contributed by atoms with Crippen molar-refractivity contribution in [3.63, 3.8) is 0 Å². The number of hydrogen-bond acceptors (Lipinski definition) is 4. The third-order valence-electron chi connectivity index (χ3n) is 8.38. The molecule has 4 heterocycles. The average molecular weight is 644 g/mol. The minimum absolute atomic E-state index is 0.0672. The highest BCUT2D eigenvalue weighted by atomic mass is 16.2. The number of aryl methyl sites for hydroxylation is 1. The predicted molar refractivity (Wildman–Crippen MR) is 190 cm³/mol. The summed E-state index contributed by atoms with van der Waals surface area (Å²) >= 11 is 0. The molecule has 0 unspecified atom stereocenters. The van der Waals surface area contributed by atoms with E-state index in [1.165, 1.54) is 5.56 Å². The highest BCUT2D eigenvalue weighted by molar-refractivity contribution is 5.90. The minimum atomic E-state index is -0.644. The van der Waals surface area contributed by atoms with Gasteiger partial charge in [0.1, 0.15) is 6.04 Å². The molecule has 5 amide bonds. The van der Waals surface area contributed by atoms with Gasteiger partial charge in [0.25, 0.3) is 0 Å². The van der Waals surface area contributed by atoms with Gasteiger partial charge in [0, 0.05) is 49.7 Å². The van der Waals surface area contributed by atoms with Crippen LogP contribution in [-0.4, -0.2) is 69.7 Å². The van der Waals surface area contributed by atoms with Crippen molar-refractivity contribution in [3.05, 3.63) is 88.8 Å².